The minimum atomic E-state index is -4.41. The van der Waals surface area contributed by atoms with Gasteiger partial charge in [0.15, 0.2) is 0 Å². The number of ether oxygens (including phenoxy) is 1. The number of pyridine rings is 1. The lowest BCUT2D eigenvalue weighted by molar-refractivity contribution is -0.137. The number of nitrogens with zero attached hydrogens (tertiary/aromatic N) is 4. The molecular weight excluding hydrogens is 465 g/mol. The minimum Gasteiger partial charge on any atom is -0.493 e. The summed E-state index contributed by atoms with van der Waals surface area (Å²) in [7, 11) is 0. The Kier molecular flexibility index (Phi) is 7.35. The Morgan fingerprint density at radius 3 is 2.68 bits per heavy atom. The van der Waals surface area contributed by atoms with Gasteiger partial charge in [-0.15, -0.1) is 11.3 Å². The average molecular weight is 491 g/mol. The molecule has 1 saturated heterocycles. The summed E-state index contributed by atoms with van der Waals surface area (Å²) >= 11 is 1.48. The van der Waals surface area contributed by atoms with Gasteiger partial charge in [-0.2, -0.15) is 13.2 Å². The van der Waals surface area contributed by atoms with Gasteiger partial charge < -0.3 is 14.5 Å². The summed E-state index contributed by atoms with van der Waals surface area (Å²) in [5.74, 6) is 1.23. The Morgan fingerprint density at radius 1 is 1.12 bits per heavy atom. The summed E-state index contributed by atoms with van der Waals surface area (Å²) in [6, 6.07) is 10.1. The number of para-hydroxylation sites is 1. The highest BCUT2D eigenvalue weighted by Gasteiger charge is 2.31. The number of carbonyl (C=O) groups excluding carboxylic acids is 1. The van der Waals surface area contributed by atoms with E-state index in [1.807, 2.05) is 41.5 Å². The molecular formula is C24H25F3N4O2S. The molecule has 1 fully saturated rings. The number of aromatic nitrogens is 2. The molecule has 0 atom stereocenters. The molecule has 1 aliphatic heterocycles. The Morgan fingerprint density at radius 2 is 1.94 bits per heavy atom. The van der Waals surface area contributed by atoms with Crippen molar-refractivity contribution >= 4 is 23.1 Å². The second-order valence-corrected chi connectivity index (χ2v) is 8.73. The molecule has 3 heterocycles. The molecule has 2 aromatic heterocycles. The van der Waals surface area contributed by atoms with Gasteiger partial charge in [0, 0.05) is 37.8 Å². The van der Waals surface area contributed by atoms with Crippen molar-refractivity contribution in [3.05, 3.63) is 59.2 Å². The number of thiazole rings is 1. The van der Waals surface area contributed by atoms with Crippen LogP contribution in [0.3, 0.4) is 0 Å². The number of benzene rings is 1. The standard InChI is InChI=1S/C24H25F3N4O2S/c1-2-33-20-7-4-3-6-19(20)23-29-18(16-34-23)14-22(32)31-11-5-10-30(12-13-31)21-9-8-17(15-28-21)24(25,26)27/h3-4,6-9,15-16H,2,5,10-14H2,1H3. The average Bonchev–Trinajstić information content (AvgIpc) is 3.13. The topological polar surface area (TPSA) is 58.6 Å². The molecule has 0 spiro atoms. The summed E-state index contributed by atoms with van der Waals surface area (Å²) in [6.45, 7) is 4.68. The fourth-order valence-electron chi connectivity index (χ4n) is 3.84. The predicted octanol–water partition coefficient (Wildman–Crippen LogP) is 4.90. The van der Waals surface area contributed by atoms with Crippen LogP contribution in [0.4, 0.5) is 19.0 Å². The molecule has 0 unspecified atom stereocenters. The highest BCUT2D eigenvalue weighted by molar-refractivity contribution is 7.13. The zero-order valence-electron chi connectivity index (χ0n) is 18.7. The van der Waals surface area contributed by atoms with Crippen molar-refractivity contribution in [3.63, 3.8) is 0 Å². The van der Waals surface area contributed by atoms with Crippen LogP contribution in [0.25, 0.3) is 10.6 Å². The first kappa shape index (κ1) is 24.0. The van der Waals surface area contributed by atoms with E-state index in [2.05, 4.69) is 9.97 Å². The van der Waals surface area contributed by atoms with Crippen LogP contribution in [0.1, 0.15) is 24.6 Å². The van der Waals surface area contributed by atoms with Crippen molar-refractivity contribution in [3.8, 4) is 16.3 Å². The van der Waals surface area contributed by atoms with Crippen LogP contribution in [0.15, 0.2) is 48.0 Å². The molecule has 1 amide bonds. The van der Waals surface area contributed by atoms with Gasteiger partial charge >= 0.3 is 6.18 Å². The molecule has 0 bridgehead atoms. The normalized spacial score (nSPS) is 14.7. The molecule has 0 radical (unpaired) electrons. The number of alkyl halides is 3. The maximum absolute atomic E-state index is 12.9. The van der Waals surface area contributed by atoms with Gasteiger partial charge in [-0.25, -0.2) is 9.97 Å². The van der Waals surface area contributed by atoms with Crippen LogP contribution >= 0.6 is 11.3 Å². The molecule has 34 heavy (non-hydrogen) atoms. The quantitative estimate of drug-likeness (QED) is 0.492. The second-order valence-electron chi connectivity index (χ2n) is 7.87. The van der Waals surface area contributed by atoms with Crippen LogP contribution in [0.5, 0.6) is 5.75 Å². The number of carbonyl (C=O) groups is 1. The Labute approximate surface area is 200 Å². The van der Waals surface area contributed by atoms with Crippen molar-refractivity contribution < 1.29 is 22.7 Å². The SMILES string of the molecule is CCOc1ccccc1-c1nc(CC(=O)N2CCCN(c3ccc(C(F)(F)F)cn3)CC2)cs1. The fraction of sp³-hybridized carbons (Fsp3) is 0.375. The lowest BCUT2D eigenvalue weighted by Gasteiger charge is -2.23. The van der Waals surface area contributed by atoms with Crippen molar-refractivity contribution in [1.82, 2.24) is 14.9 Å². The molecule has 6 nitrogen and oxygen atoms in total. The van der Waals surface area contributed by atoms with Crippen LogP contribution in [-0.4, -0.2) is 53.6 Å². The molecule has 180 valence electrons. The van der Waals surface area contributed by atoms with E-state index in [-0.39, 0.29) is 12.3 Å². The van der Waals surface area contributed by atoms with Gasteiger partial charge in [0.25, 0.3) is 0 Å². The van der Waals surface area contributed by atoms with E-state index in [0.29, 0.717) is 50.7 Å². The number of hydrogen-bond donors (Lipinski definition) is 0. The highest BCUT2D eigenvalue weighted by atomic mass is 32.1. The Bertz CT molecular complexity index is 1120. The van der Waals surface area contributed by atoms with E-state index < -0.39 is 11.7 Å². The summed E-state index contributed by atoms with van der Waals surface area (Å²) in [6.07, 6.45) is -2.65. The minimum absolute atomic E-state index is 0.0165. The summed E-state index contributed by atoms with van der Waals surface area (Å²) in [5.41, 5.74) is 0.846. The molecule has 1 aliphatic rings. The third kappa shape index (κ3) is 5.67. The van der Waals surface area contributed by atoms with E-state index in [4.69, 9.17) is 4.74 Å². The van der Waals surface area contributed by atoms with Crippen LogP contribution < -0.4 is 9.64 Å². The van der Waals surface area contributed by atoms with Crippen molar-refractivity contribution in [2.45, 2.75) is 25.9 Å². The van der Waals surface area contributed by atoms with Gasteiger partial charge in [-0.3, -0.25) is 4.79 Å². The van der Waals surface area contributed by atoms with Crippen LogP contribution in [-0.2, 0) is 17.4 Å². The first-order valence-electron chi connectivity index (χ1n) is 11.1. The summed E-state index contributed by atoms with van der Waals surface area (Å²) in [4.78, 5) is 25.3. The number of halogens is 3. The molecule has 4 rings (SSSR count). The number of anilines is 1. The Hall–Kier alpha value is -3.14. The molecule has 3 aromatic rings. The third-order valence-electron chi connectivity index (χ3n) is 5.55. The third-order valence-corrected chi connectivity index (χ3v) is 6.47. The molecule has 10 heteroatoms. The largest absolute Gasteiger partial charge is 0.493 e. The van der Waals surface area contributed by atoms with Gasteiger partial charge in [-0.05, 0) is 37.6 Å². The maximum atomic E-state index is 12.9. The van der Waals surface area contributed by atoms with E-state index in [1.165, 1.54) is 17.4 Å². The van der Waals surface area contributed by atoms with Gasteiger partial charge in [0.2, 0.25) is 5.91 Å². The number of hydrogen-bond acceptors (Lipinski definition) is 6. The highest BCUT2D eigenvalue weighted by Crippen LogP contribution is 2.32. The number of amides is 1. The van der Waals surface area contributed by atoms with Gasteiger partial charge in [0.05, 0.1) is 29.8 Å². The molecule has 1 aromatic carbocycles. The van der Waals surface area contributed by atoms with Crippen LogP contribution in [0.2, 0.25) is 0 Å². The Balaban J connectivity index is 1.37. The maximum Gasteiger partial charge on any atom is 0.417 e. The van der Waals surface area contributed by atoms with Crippen molar-refractivity contribution in [1.29, 1.82) is 0 Å². The van der Waals surface area contributed by atoms with Gasteiger partial charge in [-0.1, -0.05) is 12.1 Å². The zero-order chi connectivity index (χ0) is 24.1. The lowest BCUT2D eigenvalue weighted by atomic mass is 10.2. The molecule has 0 aliphatic carbocycles. The first-order valence-corrected chi connectivity index (χ1v) is 12.0. The van der Waals surface area contributed by atoms with Crippen LogP contribution in [0, 0.1) is 0 Å². The second kappa shape index (κ2) is 10.4. The van der Waals surface area contributed by atoms with E-state index in [9.17, 15) is 18.0 Å². The predicted molar refractivity (Wildman–Crippen MR) is 125 cm³/mol. The zero-order valence-corrected chi connectivity index (χ0v) is 19.5. The van der Waals surface area contributed by atoms with E-state index in [0.717, 1.165) is 28.6 Å². The summed E-state index contributed by atoms with van der Waals surface area (Å²) in [5, 5.41) is 2.70. The van der Waals surface area contributed by atoms with E-state index in [1.54, 1.807) is 4.90 Å². The number of rotatable bonds is 6. The van der Waals surface area contributed by atoms with Gasteiger partial charge in [0.1, 0.15) is 16.6 Å². The fourth-order valence-corrected chi connectivity index (χ4v) is 4.69. The van der Waals surface area contributed by atoms with Crippen molar-refractivity contribution in [2.75, 3.05) is 37.7 Å². The van der Waals surface area contributed by atoms with E-state index >= 15 is 0 Å². The smallest absolute Gasteiger partial charge is 0.417 e. The molecule has 0 saturated carbocycles. The van der Waals surface area contributed by atoms with Crippen molar-refractivity contribution in [2.24, 2.45) is 0 Å². The first-order chi connectivity index (χ1) is 16.3. The monoisotopic (exact) mass is 490 g/mol. The molecule has 0 N–H and O–H groups in total. The lowest BCUT2D eigenvalue weighted by Crippen LogP contribution is -2.36. The summed E-state index contributed by atoms with van der Waals surface area (Å²) < 4.78 is 44.1.